The van der Waals surface area contributed by atoms with Crippen molar-refractivity contribution in [2.75, 3.05) is 6.61 Å². The zero-order chi connectivity index (χ0) is 21.8. The van der Waals surface area contributed by atoms with Crippen LogP contribution in [0.4, 0.5) is 0 Å². The number of rotatable bonds is 8. The van der Waals surface area contributed by atoms with Gasteiger partial charge in [0.05, 0.1) is 0 Å². The Bertz CT molecular complexity index is 791. The molecule has 4 unspecified atom stereocenters. The molecule has 2 aliphatic rings. The molecule has 2 N–H and O–H groups in total. The van der Waals surface area contributed by atoms with E-state index in [4.69, 9.17) is 4.74 Å². The SMILES string of the molecule is Cc1ccccc1C(=O)N[C@H](C(=O)OCC(=O)NC(C)C1CC2CCC1C2)C(C)C. The first-order chi connectivity index (χ1) is 14.3. The minimum absolute atomic E-state index is 0.0909. The molecule has 2 fully saturated rings. The minimum atomic E-state index is -0.812. The van der Waals surface area contributed by atoms with E-state index in [1.165, 1.54) is 25.7 Å². The summed E-state index contributed by atoms with van der Waals surface area (Å²) in [4.78, 5) is 37.5. The second-order valence-corrected chi connectivity index (χ2v) is 9.31. The molecule has 0 spiro atoms. The quantitative estimate of drug-likeness (QED) is 0.640. The molecule has 0 aromatic heterocycles. The van der Waals surface area contributed by atoms with Crippen LogP contribution >= 0.6 is 0 Å². The molecule has 2 bridgehead atoms. The number of aryl methyl sites for hydroxylation is 1. The van der Waals surface area contributed by atoms with Crippen molar-refractivity contribution < 1.29 is 19.1 Å². The summed E-state index contributed by atoms with van der Waals surface area (Å²) in [7, 11) is 0. The predicted molar refractivity (Wildman–Crippen MR) is 115 cm³/mol. The van der Waals surface area contributed by atoms with Crippen LogP contribution in [0.2, 0.25) is 0 Å². The molecular weight excluding hydrogens is 380 g/mol. The van der Waals surface area contributed by atoms with Gasteiger partial charge in [-0.1, -0.05) is 38.5 Å². The van der Waals surface area contributed by atoms with Crippen molar-refractivity contribution in [2.45, 2.75) is 65.5 Å². The van der Waals surface area contributed by atoms with Crippen molar-refractivity contribution >= 4 is 17.8 Å². The average Bonchev–Trinajstić information content (AvgIpc) is 3.34. The topological polar surface area (TPSA) is 84.5 Å². The number of hydrogen-bond donors (Lipinski definition) is 2. The first-order valence-electron chi connectivity index (χ1n) is 11.1. The fourth-order valence-corrected chi connectivity index (χ4v) is 5.08. The Kier molecular flexibility index (Phi) is 7.16. The second kappa shape index (κ2) is 9.63. The third-order valence-electron chi connectivity index (χ3n) is 6.77. The predicted octanol–water partition coefficient (Wildman–Crippen LogP) is 3.23. The van der Waals surface area contributed by atoms with Gasteiger partial charge in [-0.15, -0.1) is 0 Å². The Morgan fingerprint density at radius 1 is 1.07 bits per heavy atom. The minimum Gasteiger partial charge on any atom is -0.454 e. The summed E-state index contributed by atoms with van der Waals surface area (Å²) in [6.45, 7) is 7.24. The van der Waals surface area contributed by atoms with Crippen molar-refractivity contribution in [1.82, 2.24) is 10.6 Å². The van der Waals surface area contributed by atoms with Crippen molar-refractivity contribution in [1.29, 1.82) is 0 Å². The molecule has 6 heteroatoms. The lowest BCUT2D eigenvalue weighted by Crippen LogP contribution is -2.47. The number of esters is 1. The summed E-state index contributed by atoms with van der Waals surface area (Å²) in [6, 6.07) is 6.49. The van der Waals surface area contributed by atoms with Crippen molar-refractivity contribution in [3.8, 4) is 0 Å². The van der Waals surface area contributed by atoms with Gasteiger partial charge >= 0.3 is 5.97 Å². The maximum atomic E-state index is 12.6. The maximum absolute atomic E-state index is 12.6. The van der Waals surface area contributed by atoms with Crippen molar-refractivity contribution in [3.05, 3.63) is 35.4 Å². The van der Waals surface area contributed by atoms with E-state index < -0.39 is 12.0 Å². The molecule has 2 saturated carbocycles. The van der Waals surface area contributed by atoms with E-state index in [1.807, 2.05) is 39.8 Å². The Balaban J connectivity index is 1.49. The highest BCUT2D eigenvalue weighted by Gasteiger charge is 2.42. The van der Waals surface area contributed by atoms with Crippen LogP contribution in [0.5, 0.6) is 0 Å². The third-order valence-corrected chi connectivity index (χ3v) is 6.77. The summed E-state index contributed by atoms with van der Waals surface area (Å²) < 4.78 is 5.25. The van der Waals surface area contributed by atoms with Gasteiger partial charge in [0.2, 0.25) is 0 Å². The van der Waals surface area contributed by atoms with E-state index in [2.05, 4.69) is 10.6 Å². The number of benzene rings is 1. The maximum Gasteiger partial charge on any atom is 0.329 e. The number of hydrogen-bond acceptors (Lipinski definition) is 4. The van der Waals surface area contributed by atoms with E-state index in [9.17, 15) is 14.4 Å². The van der Waals surface area contributed by atoms with Gasteiger partial charge in [0, 0.05) is 11.6 Å². The Morgan fingerprint density at radius 3 is 2.40 bits per heavy atom. The summed E-state index contributed by atoms with van der Waals surface area (Å²) in [5, 5.41) is 5.76. The number of ether oxygens (including phenoxy) is 1. The van der Waals surface area contributed by atoms with Crippen LogP contribution in [-0.2, 0) is 14.3 Å². The second-order valence-electron chi connectivity index (χ2n) is 9.31. The number of nitrogens with one attached hydrogen (secondary N) is 2. The summed E-state index contributed by atoms with van der Waals surface area (Å²) >= 11 is 0. The molecule has 30 heavy (non-hydrogen) atoms. The standard InChI is InChI=1S/C24H34N2O4/c1-14(2)22(26-23(28)19-8-6-5-7-15(19)3)24(29)30-13-21(27)25-16(4)20-12-17-9-10-18(20)11-17/h5-8,14,16-18,20,22H,9-13H2,1-4H3,(H,25,27)(H,26,28)/t16?,17?,18?,20?,22-/m0/s1. The lowest BCUT2D eigenvalue weighted by Gasteiger charge is -2.28. The Labute approximate surface area is 179 Å². The first kappa shape index (κ1) is 22.3. The zero-order valence-electron chi connectivity index (χ0n) is 18.4. The molecule has 3 rings (SSSR count). The van der Waals surface area contributed by atoms with Crippen LogP contribution in [0.1, 0.15) is 62.4 Å². The van der Waals surface area contributed by atoms with Crippen LogP contribution in [0.25, 0.3) is 0 Å². The molecule has 0 aliphatic heterocycles. The molecule has 1 aromatic carbocycles. The number of fused-ring (bicyclic) bond motifs is 2. The monoisotopic (exact) mass is 414 g/mol. The van der Waals surface area contributed by atoms with Crippen LogP contribution in [0, 0.1) is 30.6 Å². The molecule has 0 heterocycles. The molecule has 6 nitrogen and oxygen atoms in total. The van der Waals surface area contributed by atoms with Gasteiger partial charge in [-0.3, -0.25) is 9.59 Å². The smallest absolute Gasteiger partial charge is 0.329 e. The fourth-order valence-electron chi connectivity index (χ4n) is 5.08. The summed E-state index contributed by atoms with van der Waals surface area (Å²) in [6.07, 6.45) is 5.06. The highest BCUT2D eigenvalue weighted by molar-refractivity contribution is 5.98. The van der Waals surface area contributed by atoms with Crippen LogP contribution in [0.15, 0.2) is 24.3 Å². The van der Waals surface area contributed by atoms with Crippen molar-refractivity contribution in [3.63, 3.8) is 0 Å². The molecule has 164 valence electrons. The van der Waals surface area contributed by atoms with Gasteiger partial charge in [0.1, 0.15) is 6.04 Å². The van der Waals surface area contributed by atoms with Crippen LogP contribution in [0.3, 0.4) is 0 Å². The van der Waals surface area contributed by atoms with Crippen LogP contribution in [-0.4, -0.2) is 36.5 Å². The fraction of sp³-hybridized carbons (Fsp3) is 0.625. The molecular formula is C24H34N2O4. The average molecular weight is 415 g/mol. The normalized spacial score (nSPS) is 24.4. The molecule has 2 aliphatic carbocycles. The molecule has 5 atom stereocenters. The summed E-state index contributed by atoms with van der Waals surface area (Å²) in [5.41, 5.74) is 1.35. The highest BCUT2D eigenvalue weighted by Crippen LogP contribution is 2.49. The first-order valence-corrected chi connectivity index (χ1v) is 11.1. The molecule has 0 radical (unpaired) electrons. The number of carbonyl (C=O) groups excluding carboxylic acids is 3. The van der Waals surface area contributed by atoms with Gasteiger partial charge in [0.15, 0.2) is 6.61 Å². The third kappa shape index (κ3) is 5.21. The van der Waals surface area contributed by atoms with Crippen molar-refractivity contribution in [2.24, 2.45) is 23.7 Å². The van der Waals surface area contributed by atoms with E-state index in [1.54, 1.807) is 12.1 Å². The Morgan fingerprint density at radius 2 is 1.80 bits per heavy atom. The summed E-state index contributed by atoms with van der Waals surface area (Å²) in [5.74, 6) is 0.705. The lowest BCUT2D eigenvalue weighted by molar-refractivity contribution is -0.151. The van der Waals surface area contributed by atoms with Gasteiger partial charge in [-0.25, -0.2) is 4.79 Å². The molecule has 1 aromatic rings. The largest absolute Gasteiger partial charge is 0.454 e. The molecule has 2 amide bonds. The number of carbonyl (C=O) groups is 3. The zero-order valence-corrected chi connectivity index (χ0v) is 18.4. The van der Waals surface area contributed by atoms with Crippen LogP contribution < -0.4 is 10.6 Å². The van der Waals surface area contributed by atoms with Gasteiger partial charge in [0.25, 0.3) is 11.8 Å². The van der Waals surface area contributed by atoms with E-state index in [0.717, 1.165) is 17.4 Å². The van der Waals surface area contributed by atoms with E-state index >= 15 is 0 Å². The Hall–Kier alpha value is -2.37. The van der Waals surface area contributed by atoms with E-state index in [-0.39, 0.29) is 30.4 Å². The van der Waals surface area contributed by atoms with Gasteiger partial charge in [-0.2, -0.15) is 0 Å². The highest BCUT2D eigenvalue weighted by atomic mass is 16.5. The number of amides is 2. The molecule has 0 saturated heterocycles. The van der Waals surface area contributed by atoms with Gasteiger partial charge in [-0.05, 0) is 68.4 Å². The lowest BCUT2D eigenvalue weighted by atomic mass is 9.84. The van der Waals surface area contributed by atoms with E-state index in [0.29, 0.717) is 11.5 Å². The van der Waals surface area contributed by atoms with Gasteiger partial charge < -0.3 is 15.4 Å².